The Labute approximate surface area is 149 Å². The van der Waals surface area contributed by atoms with Gasteiger partial charge < -0.3 is 24.7 Å². The maximum atomic E-state index is 12.0. The molecule has 5 rings (SSSR count). The van der Waals surface area contributed by atoms with E-state index >= 15 is 0 Å². The van der Waals surface area contributed by atoms with Gasteiger partial charge in [-0.25, -0.2) is 0 Å². The normalized spacial score (nSPS) is 14.0. The predicted molar refractivity (Wildman–Crippen MR) is 94.9 cm³/mol. The van der Waals surface area contributed by atoms with Crippen molar-refractivity contribution >= 4 is 16.7 Å². The first-order valence-electron chi connectivity index (χ1n) is 8.19. The van der Waals surface area contributed by atoms with E-state index in [1.54, 1.807) is 6.07 Å². The third-order valence-electron chi connectivity index (χ3n) is 4.83. The molecule has 0 aromatic heterocycles. The highest BCUT2D eigenvalue weighted by atomic mass is 16.7. The Balaban J connectivity index is 1.89. The van der Waals surface area contributed by atoms with Gasteiger partial charge in [0.25, 0.3) is 0 Å². The second-order valence-electron chi connectivity index (χ2n) is 6.25. The highest BCUT2D eigenvalue weighted by Crippen LogP contribution is 2.47. The van der Waals surface area contributed by atoms with Gasteiger partial charge in [0, 0.05) is 10.9 Å². The van der Waals surface area contributed by atoms with Gasteiger partial charge in [-0.15, -0.1) is 0 Å². The van der Waals surface area contributed by atoms with Crippen LogP contribution >= 0.6 is 0 Å². The minimum atomic E-state index is -0.468. The van der Waals surface area contributed by atoms with Crippen molar-refractivity contribution in [3.05, 3.63) is 47.5 Å². The van der Waals surface area contributed by atoms with Gasteiger partial charge >= 0.3 is 0 Å². The molecule has 0 spiro atoms. The molecule has 6 nitrogen and oxygen atoms in total. The Morgan fingerprint density at radius 2 is 1.65 bits per heavy atom. The van der Waals surface area contributed by atoms with E-state index in [9.17, 15) is 4.79 Å². The molecule has 2 N–H and O–H groups in total. The molecule has 0 fully saturated rings. The van der Waals surface area contributed by atoms with Crippen molar-refractivity contribution in [1.82, 2.24) is 0 Å². The summed E-state index contributed by atoms with van der Waals surface area (Å²) in [7, 11) is 0. The van der Waals surface area contributed by atoms with Crippen LogP contribution in [0.15, 0.2) is 36.4 Å². The number of rotatable bonds is 2. The quantitative estimate of drug-likeness (QED) is 0.767. The fraction of sp³-hybridized carbons (Fsp3) is 0.150. The number of nitrogens with two attached hydrogens (primary N) is 1. The number of carbonyl (C=O) groups excluding carboxylic acids is 1. The first-order valence-corrected chi connectivity index (χ1v) is 8.19. The summed E-state index contributed by atoms with van der Waals surface area (Å²) in [5.41, 5.74) is 8.64. The van der Waals surface area contributed by atoms with E-state index in [1.807, 2.05) is 37.3 Å². The van der Waals surface area contributed by atoms with Crippen molar-refractivity contribution in [3.63, 3.8) is 0 Å². The number of hydrogen-bond acceptors (Lipinski definition) is 5. The standard InChI is InChI=1S/C20H15NO5/c1-10-13(20(21)22)6-11-3-5-15-19(26-9-24-15)18(11)17(10)12-2-4-14-16(7-12)25-8-23-14/h2-7H,8-9H2,1H3,(H2,21,22). The van der Waals surface area contributed by atoms with E-state index in [2.05, 4.69) is 0 Å². The van der Waals surface area contributed by atoms with Crippen LogP contribution in [-0.2, 0) is 0 Å². The van der Waals surface area contributed by atoms with E-state index < -0.39 is 5.91 Å². The van der Waals surface area contributed by atoms with Crippen LogP contribution in [0.1, 0.15) is 15.9 Å². The molecule has 0 saturated carbocycles. The highest BCUT2D eigenvalue weighted by molar-refractivity contribution is 6.09. The monoisotopic (exact) mass is 349 g/mol. The van der Waals surface area contributed by atoms with Gasteiger partial charge in [0.2, 0.25) is 19.5 Å². The Morgan fingerprint density at radius 1 is 0.923 bits per heavy atom. The SMILES string of the molecule is Cc1c(C(N)=O)cc2ccc3c(c2c1-c1ccc2c(c1)OCO2)OCO3. The maximum absolute atomic E-state index is 12.0. The zero-order chi connectivity index (χ0) is 17.8. The topological polar surface area (TPSA) is 80.0 Å². The zero-order valence-electron chi connectivity index (χ0n) is 14.0. The Hall–Kier alpha value is -3.41. The van der Waals surface area contributed by atoms with E-state index in [1.165, 1.54) is 0 Å². The van der Waals surface area contributed by atoms with Crippen LogP contribution in [0.5, 0.6) is 23.0 Å². The fourth-order valence-electron chi connectivity index (χ4n) is 3.62. The van der Waals surface area contributed by atoms with Crippen molar-refractivity contribution < 1.29 is 23.7 Å². The number of carbonyl (C=O) groups is 1. The van der Waals surface area contributed by atoms with E-state index in [0.29, 0.717) is 28.6 Å². The summed E-state index contributed by atoms with van der Waals surface area (Å²) in [5, 5.41) is 1.75. The van der Waals surface area contributed by atoms with Gasteiger partial charge in [0.15, 0.2) is 23.0 Å². The van der Waals surface area contributed by atoms with Crippen molar-refractivity contribution in [1.29, 1.82) is 0 Å². The van der Waals surface area contributed by atoms with Crippen molar-refractivity contribution in [3.8, 4) is 34.1 Å². The van der Waals surface area contributed by atoms with Crippen molar-refractivity contribution in [2.24, 2.45) is 5.73 Å². The molecule has 3 aromatic rings. The Kier molecular flexibility index (Phi) is 3.03. The van der Waals surface area contributed by atoms with Crippen LogP contribution in [0, 0.1) is 6.92 Å². The first kappa shape index (κ1) is 14.9. The summed E-state index contributed by atoms with van der Waals surface area (Å²) in [4.78, 5) is 12.0. The third-order valence-corrected chi connectivity index (χ3v) is 4.83. The van der Waals surface area contributed by atoms with E-state index in [0.717, 1.165) is 27.5 Å². The maximum Gasteiger partial charge on any atom is 0.249 e. The second kappa shape index (κ2) is 5.29. The lowest BCUT2D eigenvalue weighted by Gasteiger charge is -2.16. The van der Waals surface area contributed by atoms with E-state index in [-0.39, 0.29) is 13.6 Å². The van der Waals surface area contributed by atoms with Gasteiger partial charge in [-0.3, -0.25) is 4.79 Å². The molecule has 26 heavy (non-hydrogen) atoms. The molecule has 0 atom stereocenters. The highest BCUT2D eigenvalue weighted by Gasteiger charge is 2.24. The third kappa shape index (κ3) is 2.02. The fourth-order valence-corrected chi connectivity index (χ4v) is 3.62. The molecule has 3 aromatic carbocycles. The van der Waals surface area contributed by atoms with Crippen LogP contribution in [0.2, 0.25) is 0 Å². The predicted octanol–water partition coefficient (Wildman–Crippen LogP) is 3.37. The molecular weight excluding hydrogens is 334 g/mol. The molecular formula is C20H15NO5. The summed E-state index contributed by atoms with van der Waals surface area (Å²) < 4.78 is 22.2. The molecule has 2 aliphatic heterocycles. The van der Waals surface area contributed by atoms with Crippen LogP contribution < -0.4 is 24.7 Å². The minimum Gasteiger partial charge on any atom is -0.454 e. The molecule has 130 valence electrons. The van der Waals surface area contributed by atoms with Crippen LogP contribution in [0.25, 0.3) is 21.9 Å². The van der Waals surface area contributed by atoms with E-state index in [4.69, 9.17) is 24.7 Å². The molecule has 0 saturated heterocycles. The summed E-state index contributed by atoms with van der Waals surface area (Å²) >= 11 is 0. The lowest BCUT2D eigenvalue weighted by Crippen LogP contribution is -2.13. The second-order valence-corrected chi connectivity index (χ2v) is 6.25. The van der Waals surface area contributed by atoms with Gasteiger partial charge in [-0.1, -0.05) is 12.1 Å². The average Bonchev–Trinajstić information content (AvgIpc) is 3.29. The summed E-state index contributed by atoms with van der Waals surface area (Å²) in [6.07, 6.45) is 0. The van der Waals surface area contributed by atoms with Gasteiger partial charge in [-0.05, 0) is 53.3 Å². The molecule has 0 unspecified atom stereocenters. The number of amides is 1. The lowest BCUT2D eigenvalue weighted by molar-refractivity contribution is 0.1000. The van der Waals surface area contributed by atoms with Crippen molar-refractivity contribution in [2.75, 3.05) is 13.6 Å². The number of fused-ring (bicyclic) bond motifs is 4. The molecule has 0 aliphatic carbocycles. The van der Waals surface area contributed by atoms with Gasteiger partial charge in [-0.2, -0.15) is 0 Å². The molecule has 6 heteroatoms. The minimum absolute atomic E-state index is 0.172. The number of benzene rings is 3. The Bertz CT molecular complexity index is 1090. The molecule has 0 bridgehead atoms. The van der Waals surface area contributed by atoms with Gasteiger partial charge in [0.1, 0.15) is 0 Å². The van der Waals surface area contributed by atoms with Crippen LogP contribution in [-0.4, -0.2) is 19.5 Å². The first-order chi connectivity index (χ1) is 12.6. The Morgan fingerprint density at radius 3 is 2.50 bits per heavy atom. The smallest absolute Gasteiger partial charge is 0.249 e. The number of hydrogen-bond donors (Lipinski definition) is 1. The molecule has 1 amide bonds. The van der Waals surface area contributed by atoms with Crippen molar-refractivity contribution in [2.45, 2.75) is 6.92 Å². The van der Waals surface area contributed by atoms with Crippen LogP contribution in [0.4, 0.5) is 0 Å². The molecule has 2 heterocycles. The average molecular weight is 349 g/mol. The van der Waals surface area contributed by atoms with Gasteiger partial charge in [0.05, 0.1) is 0 Å². The molecule has 0 radical (unpaired) electrons. The summed E-state index contributed by atoms with van der Waals surface area (Å²) in [5.74, 6) is 2.26. The largest absolute Gasteiger partial charge is 0.454 e. The zero-order valence-corrected chi connectivity index (χ0v) is 14.0. The van der Waals surface area contributed by atoms with Crippen LogP contribution in [0.3, 0.4) is 0 Å². The molecule has 2 aliphatic rings. The number of ether oxygens (including phenoxy) is 4. The summed E-state index contributed by atoms with van der Waals surface area (Å²) in [6.45, 7) is 2.26. The lowest BCUT2D eigenvalue weighted by atomic mass is 9.89. The number of primary amides is 1. The summed E-state index contributed by atoms with van der Waals surface area (Å²) in [6, 6.07) is 11.3.